The van der Waals surface area contributed by atoms with E-state index in [1.54, 1.807) is 11.3 Å². The molecule has 0 bridgehead atoms. The molecule has 2 fully saturated rings. The molecule has 0 spiro atoms. The molecule has 2 aromatic carbocycles. The van der Waals surface area contributed by atoms with Crippen molar-refractivity contribution in [3.63, 3.8) is 0 Å². The van der Waals surface area contributed by atoms with Gasteiger partial charge in [0.1, 0.15) is 0 Å². The van der Waals surface area contributed by atoms with Crippen molar-refractivity contribution in [1.29, 1.82) is 0 Å². The fourth-order valence-corrected chi connectivity index (χ4v) is 5.72. The molecule has 6 nitrogen and oxygen atoms in total. The summed E-state index contributed by atoms with van der Waals surface area (Å²) in [6.07, 6.45) is 4.57. The predicted octanol–water partition coefficient (Wildman–Crippen LogP) is 4.98. The minimum Gasteiger partial charge on any atom is -0.398 e. The number of rotatable bonds is 8. The lowest BCUT2D eigenvalue weighted by atomic mass is 9.96. The van der Waals surface area contributed by atoms with Crippen LogP contribution < -0.4 is 5.73 Å². The van der Waals surface area contributed by atoms with E-state index in [9.17, 15) is 4.79 Å². The first-order chi connectivity index (χ1) is 17.2. The van der Waals surface area contributed by atoms with Crippen LogP contribution in [0.15, 0.2) is 54.0 Å². The van der Waals surface area contributed by atoms with Crippen molar-refractivity contribution in [3.8, 4) is 10.4 Å². The zero-order valence-corrected chi connectivity index (χ0v) is 20.6. The number of ketones is 1. The number of carbonyl (C=O) groups is 1. The molecule has 7 heteroatoms. The molecule has 2 aromatic heterocycles. The second-order valence-corrected chi connectivity index (χ2v) is 10.5. The number of benzene rings is 2. The number of morpholine rings is 1. The van der Waals surface area contributed by atoms with Crippen LogP contribution in [0.2, 0.25) is 0 Å². The molecule has 180 valence electrons. The third kappa shape index (κ3) is 4.76. The van der Waals surface area contributed by atoms with Gasteiger partial charge in [-0.25, -0.2) is 0 Å². The van der Waals surface area contributed by atoms with E-state index in [-0.39, 0.29) is 5.78 Å². The lowest BCUT2D eigenvalue weighted by Gasteiger charge is -2.26. The maximum atomic E-state index is 13.4. The maximum Gasteiger partial charge on any atom is 0.167 e. The van der Waals surface area contributed by atoms with E-state index in [2.05, 4.69) is 33.2 Å². The summed E-state index contributed by atoms with van der Waals surface area (Å²) in [7, 11) is 0. The molecule has 4 aromatic rings. The number of Topliss-reactive ketones (excluding diaryl/α,β-unsaturated/α-hetero) is 1. The van der Waals surface area contributed by atoms with E-state index in [1.807, 2.05) is 30.5 Å². The molecule has 0 atom stereocenters. The van der Waals surface area contributed by atoms with E-state index in [4.69, 9.17) is 15.6 Å². The molecule has 1 aliphatic heterocycles. The summed E-state index contributed by atoms with van der Waals surface area (Å²) in [6, 6.07) is 14.3. The summed E-state index contributed by atoms with van der Waals surface area (Å²) in [5.41, 5.74) is 12.1. The maximum absolute atomic E-state index is 13.4. The van der Waals surface area contributed by atoms with Gasteiger partial charge in [-0.2, -0.15) is 5.10 Å². The summed E-state index contributed by atoms with van der Waals surface area (Å²) in [4.78, 5) is 17.1. The van der Waals surface area contributed by atoms with Crippen molar-refractivity contribution in [3.05, 3.63) is 70.7 Å². The highest BCUT2D eigenvalue weighted by Gasteiger charge is 2.28. The van der Waals surface area contributed by atoms with Gasteiger partial charge in [-0.1, -0.05) is 12.1 Å². The van der Waals surface area contributed by atoms with Crippen LogP contribution >= 0.6 is 11.3 Å². The molecule has 0 amide bonds. The summed E-state index contributed by atoms with van der Waals surface area (Å²) in [6.45, 7) is 5.38. The first kappa shape index (κ1) is 22.5. The SMILES string of the molecule is Nc1ccc(-c2cccs2)cc1CC(=O)c1cc(C2CC2)c2c(cnn2CCN2CCOCC2)c1. The molecular weight excluding hydrogens is 456 g/mol. The van der Waals surface area contributed by atoms with E-state index >= 15 is 0 Å². The van der Waals surface area contributed by atoms with Crippen molar-refractivity contribution in [1.82, 2.24) is 14.7 Å². The Morgan fingerprint density at radius 2 is 1.97 bits per heavy atom. The molecule has 1 saturated heterocycles. The van der Waals surface area contributed by atoms with Crippen LogP contribution in [0.25, 0.3) is 21.3 Å². The van der Waals surface area contributed by atoms with Gasteiger partial charge in [-0.15, -0.1) is 11.3 Å². The van der Waals surface area contributed by atoms with Crippen molar-refractivity contribution in [2.45, 2.75) is 31.7 Å². The molecule has 1 aliphatic carbocycles. The second kappa shape index (κ2) is 9.57. The fourth-order valence-electron chi connectivity index (χ4n) is 4.99. The number of thiophene rings is 1. The van der Waals surface area contributed by atoms with Crippen LogP contribution in [-0.2, 0) is 17.7 Å². The summed E-state index contributed by atoms with van der Waals surface area (Å²) >= 11 is 1.69. The Morgan fingerprint density at radius 1 is 1.11 bits per heavy atom. The van der Waals surface area contributed by atoms with Crippen molar-refractivity contribution >= 4 is 33.7 Å². The number of carbonyl (C=O) groups excluding carboxylic acids is 1. The Morgan fingerprint density at radius 3 is 2.74 bits per heavy atom. The lowest BCUT2D eigenvalue weighted by Crippen LogP contribution is -2.38. The summed E-state index contributed by atoms with van der Waals surface area (Å²) in [5.74, 6) is 0.626. The number of nitrogens with zero attached hydrogens (tertiary/aromatic N) is 3. The number of fused-ring (bicyclic) bond motifs is 1. The van der Waals surface area contributed by atoms with E-state index in [0.29, 0.717) is 18.0 Å². The highest BCUT2D eigenvalue weighted by atomic mass is 32.1. The highest BCUT2D eigenvalue weighted by Crippen LogP contribution is 2.43. The first-order valence-corrected chi connectivity index (χ1v) is 13.3. The van der Waals surface area contributed by atoms with Crippen LogP contribution in [0.4, 0.5) is 5.69 Å². The highest BCUT2D eigenvalue weighted by molar-refractivity contribution is 7.13. The molecule has 1 saturated carbocycles. The standard InChI is InChI=1S/C28H30N4O2S/c29-25-6-5-20(27-2-1-13-35-27)14-21(25)17-26(33)22-15-23-18-30-32(8-7-31-9-11-34-12-10-31)28(23)24(16-22)19-3-4-19/h1-2,5-6,13-16,18-19H,3-4,7-12,17,29H2. The van der Waals surface area contributed by atoms with Gasteiger partial charge in [0.2, 0.25) is 0 Å². The molecule has 2 aliphatic rings. The van der Waals surface area contributed by atoms with Crippen LogP contribution in [0.3, 0.4) is 0 Å². The van der Waals surface area contributed by atoms with Gasteiger partial charge < -0.3 is 10.5 Å². The molecule has 35 heavy (non-hydrogen) atoms. The minimum absolute atomic E-state index is 0.102. The van der Waals surface area contributed by atoms with Crippen LogP contribution in [0.5, 0.6) is 0 Å². The molecule has 6 rings (SSSR count). The molecular formula is C28H30N4O2S. The number of anilines is 1. The minimum atomic E-state index is 0.102. The molecule has 0 unspecified atom stereocenters. The van der Waals surface area contributed by atoms with Crippen LogP contribution in [-0.4, -0.2) is 53.3 Å². The number of hydrogen-bond donors (Lipinski definition) is 1. The van der Waals surface area contributed by atoms with Crippen molar-refractivity contribution < 1.29 is 9.53 Å². The normalized spacial score (nSPS) is 16.7. The number of nitrogens with two attached hydrogens (primary N) is 1. The Hall–Kier alpha value is -3.00. The number of hydrogen-bond acceptors (Lipinski definition) is 6. The number of ether oxygens (including phenoxy) is 1. The van der Waals surface area contributed by atoms with Gasteiger partial charge in [0.05, 0.1) is 31.5 Å². The first-order valence-electron chi connectivity index (χ1n) is 12.4. The molecule has 2 N–H and O–H groups in total. The zero-order chi connectivity index (χ0) is 23.8. The van der Waals surface area contributed by atoms with E-state index in [0.717, 1.165) is 61.5 Å². The summed E-state index contributed by atoms with van der Waals surface area (Å²) < 4.78 is 7.61. The topological polar surface area (TPSA) is 73.4 Å². The number of nitrogen functional groups attached to an aromatic ring is 1. The zero-order valence-electron chi connectivity index (χ0n) is 19.8. The monoisotopic (exact) mass is 486 g/mol. The Balaban J connectivity index is 1.26. The van der Waals surface area contributed by atoms with Crippen molar-refractivity contribution in [2.75, 3.05) is 38.6 Å². The van der Waals surface area contributed by atoms with Gasteiger partial charge in [-0.3, -0.25) is 14.4 Å². The Labute approximate surface area is 209 Å². The van der Waals surface area contributed by atoms with Crippen molar-refractivity contribution in [2.24, 2.45) is 0 Å². The van der Waals surface area contributed by atoms with Gasteiger partial charge in [0.15, 0.2) is 5.78 Å². The fraction of sp³-hybridized carbons (Fsp3) is 0.357. The van der Waals surface area contributed by atoms with E-state index < -0.39 is 0 Å². The second-order valence-electron chi connectivity index (χ2n) is 9.59. The van der Waals surface area contributed by atoms with Crippen LogP contribution in [0.1, 0.15) is 40.2 Å². The third-order valence-corrected chi connectivity index (χ3v) is 8.05. The quantitative estimate of drug-likeness (QED) is 0.281. The average molecular weight is 487 g/mol. The third-order valence-electron chi connectivity index (χ3n) is 7.13. The van der Waals surface area contributed by atoms with Crippen LogP contribution in [0, 0.1) is 0 Å². The lowest BCUT2D eigenvalue weighted by molar-refractivity contribution is 0.0361. The smallest absolute Gasteiger partial charge is 0.167 e. The number of aromatic nitrogens is 2. The molecule has 3 heterocycles. The van der Waals surface area contributed by atoms with E-state index in [1.165, 1.54) is 28.8 Å². The van der Waals surface area contributed by atoms with Gasteiger partial charge >= 0.3 is 0 Å². The average Bonchev–Trinajstić information content (AvgIpc) is 3.42. The predicted molar refractivity (Wildman–Crippen MR) is 141 cm³/mol. The summed E-state index contributed by atoms with van der Waals surface area (Å²) in [5, 5.41) is 7.84. The van der Waals surface area contributed by atoms with Gasteiger partial charge in [0.25, 0.3) is 0 Å². The van der Waals surface area contributed by atoms with Gasteiger partial charge in [-0.05, 0) is 71.2 Å². The molecule has 0 radical (unpaired) electrons. The largest absolute Gasteiger partial charge is 0.398 e. The Bertz CT molecular complexity index is 1350. The Kier molecular flexibility index (Phi) is 6.14. The van der Waals surface area contributed by atoms with Gasteiger partial charge in [0, 0.05) is 47.6 Å².